The van der Waals surface area contributed by atoms with Crippen LogP contribution in [0.3, 0.4) is 0 Å². The second-order valence-electron chi connectivity index (χ2n) is 9.99. The van der Waals surface area contributed by atoms with Crippen molar-refractivity contribution in [2.24, 2.45) is 0 Å². The van der Waals surface area contributed by atoms with Crippen LogP contribution in [0.25, 0.3) is 11.5 Å². The van der Waals surface area contributed by atoms with Crippen molar-refractivity contribution < 1.29 is 33.1 Å². The molecule has 2 heterocycles. The number of ether oxygens (including phenoxy) is 1. The number of morpholine rings is 1. The van der Waals surface area contributed by atoms with Crippen molar-refractivity contribution >= 4 is 46.1 Å². The highest BCUT2D eigenvalue weighted by molar-refractivity contribution is 8.01. The first kappa shape index (κ1) is 28.8. The SMILES string of the molecule is CC1CN(c2oc(-c3ccc(Cl)cc3)nc2[P+](c2ccccc2)(c2ccccc2)c2ccccc2)CC(C)O1.[I-]. The molecular weight excluding hydrogens is 650 g/mol. The summed E-state index contributed by atoms with van der Waals surface area (Å²) >= 11 is 6.23. The molecule has 0 spiro atoms. The zero-order valence-electron chi connectivity index (χ0n) is 22.5. The Hall–Kier alpha value is -2.70. The highest BCUT2D eigenvalue weighted by atomic mass is 127. The third-order valence-corrected chi connectivity index (χ3v) is 11.5. The second-order valence-corrected chi connectivity index (χ2v) is 13.7. The number of anilines is 1. The molecule has 1 aliphatic rings. The summed E-state index contributed by atoms with van der Waals surface area (Å²) in [6, 6.07) is 40.1. The molecule has 2 unspecified atom stereocenters. The van der Waals surface area contributed by atoms with E-state index >= 15 is 0 Å². The average Bonchev–Trinajstić information content (AvgIpc) is 3.41. The zero-order chi connectivity index (χ0) is 26.8. The van der Waals surface area contributed by atoms with Crippen molar-refractivity contribution in [3.8, 4) is 11.5 Å². The summed E-state index contributed by atoms with van der Waals surface area (Å²) in [4.78, 5) is 7.72. The molecule has 1 aromatic heterocycles. The van der Waals surface area contributed by atoms with Gasteiger partial charge in [0.05, 0.1) is 12.2 Å². The molecular formula is C33H31ClIN2O2P. The van der Waals surface area contributed by atoms with E-state index in [1.807, 2.05) is 24.3 Å². The molecule has 1 aliphatic heterocycles. The van der Waals surface area contributed by atoms with Gasteiger partial charge in [-0.2, -0.15) is 4.98 Å². The number of hydrogen-bond donors (Lipinski definition) is 0. The molecule has 0 amide bonds. The molecule has 2 atom stereocenters. The molecule has 40 heavy (non-hydrogen) atoms. The number of rotatable bonds is 6. The van der Waals surface area contributed by atoms with Crippen molar-refractivity contribution in [1.82, 2.24) is 4.98 Å². The van der Waals surface area contributed by atoms with E-state index in [1.165, 1.54) is 15.9 Å². The van der Waals surface area contributed by atoms with Gasteiger partial charge in [0.15, 0.2) is 7.26 Å². The first-order valence-corrected chi connectivity index (χ1v) is 15.5. The van der Waals surface area contributed by atoms with Gasteiger partial charge in [-0.25, -0.2) is 0 Å². The Kier molecular flexibility index (Phi) is 8.96. The summed E-state index contributed by atoms with van der Waals surface area (Å²) in [5.41, 5.74) is 1.87. The molecule has 4 aromatic carbocycles. The summed E-state index contributed by atoms with van der Waals surface area (Å²) in [6.07, 6.45) is 0.146. The molecule has 1 fully saturated rings. The predicted molar refractivity (Wildman–Crippen MR) is 164 cm³/mol. The van der Waals surface area contributed by atoms with Gasteiger partial charge in [-0.15, -0.1) is 0 Å². The minimum Gasteiger partial charge on any atom is -1.00 e. The minimum atomic E-state index is -2.47. The van der Waals surface area contributed by atoms with Crippen LogP contribution in [0.1, 0.15) is 13.8 Å². The Morgan fingerprint density at radius 1 is 0.700 bits per heavy atom. The average molecular weight is 681 g/mol. The lowest BCUT2D eigenvalue weighted by Gasteiger charge is -2.36. The number of hydrogen-bond acceptors (Lipinski definition) is 4. The molecule has 0 aliphatic carbocycles. The summed E-state index contributed by atoms with van der Waals surface area (Å²) in [7, 11) is -2.47. The van der Waals surface area contributed by atoms with Gasteiger partial charge in [-0.1, -0.05) is 66.2 Å². The molecule has 5 aromatic rings. The molecule has 4 nitrogen and oxygen atoms in total. The Labute approximate surface area is 258 Å². The van der Waals surface area contributed by atoms with Crippen molar-refractivity contribution in [3.63, 3.8) is 0 Å². The topological polar surface area (TPSA) is 38.5 Å². The Morgan fingerprint density at radius 3 is 1.60 bits per heavy atom. The Bertz CT molecular complexity index is 1430. The van der Waals surface area contributed by atoms with Gasteiger partial charge in [0.1, 0.15) is 15.9 Å². The number of oxazole rings is 1. The second kappa shape index (κ2) is 12.4. The van der Waals surface area contributed by atoms with Crippen LogP contribution in [0, 0.1) is 0 Å². The van der Waals surface area contributed by atoms with Crippen LogP contribution in [0.4, 0.5) is 5.88 Å². The maximum Gasteiger partial charge on any atom is 0.262 e. The van der Waals surface area contributed by atoms with Crippen LogP contribution in [-0.2, 0) is 4.74 Å². The third-order valence-electron chi connectivity index (χ3n) is 7.14. The van der Waals surface area contributed by atoms with Crippen molar-refractivity contribution in [1.29, 1.82) is 0 Å². The van der Waals surface area contributed by atoms with Gasteiger partial charge in [-0.3, -0.25) is 0 Å². The molecule has 0 N–H and O–H groups in total. The fourth-order valence-corrected chi connectivity index (χ4v) is 9.88. The fraction of sp³-hybridized carbons (Fsp3) is 0.182. The molecule has 6 rings (SSSR count). The van der Waals surface area contributed by atoms with Crippen molar-refractivity contribution in [2.45, 2.75) is 26.1 Å². The molecule has 0 saturated carbocycles. The maximum atomic E-state index is 6.79. The van der Waals surface area contributed by atoms with Crippen molar-refractivity contribution in [2.75, 3.05) is 18.0 Å². The zero-order valence-corrected chi connectivity index (χ0v) is 26.3. The fourth-order valence-electron chi connectivity index (χ4n) is 5.56. The standard InChI is InChI=1S/C33H31ClN2O2P.HI/c1-24-22-36(23-25(2)37-24)33-32(35-31(38-33)26-18-20-27(34)21-19-26)39(28-12-6-3-7-13-28,29-14-8-4-9-15-29)30-16-10-5-11-17-30;/h3-21,24-25H,22-23H2,1-2H3;1H/q+1;/p-1. The first-order valence-electron chi connectivity index (χ1n) is 13.3. The maximum absolute atomic E-state index is 6.79. The van der Waals surface area contributed by atoms with Crippen molar-refractivity contribution in [3.05, 3.63) is 120 Å². The number of nitrogens with zero attached hydrogens (tertiary/aromatic N) is 2. The van der Waals surface area contributed by atoms with E-state index in [1.54, 1.807) is 0 Å². The van der Waals surface area contributed by atoms with Gasteiger partial charge in [0.2, 0.25) is 5.89 Å². The molecule has 1 saturated heterocycles. The van der Waals surface area contributed by atoms with E-state index < -0.39 is 7.26 Å². The van der Waals surface area contributed by atoms with E-state index in [9.17, 15) is 0 Å². The lowest BCUT2D eigenvalue weighted by Crippen LogP contribution is -3.00. The minimum absolute atomic E-state index is 0. The predicted octanol–water partition coefficient (Wildman–Crippen LogP) is 3.23. The van der Waals surface area contributed by atoms with Crippen LogP contribution in [-0.4, -0.2) is 30.3 Å². The number of aromatic nitrogens is 1. The van der Waals surface area contributed by atoms with E-state index in [2.05, 4.69) is 110 Å². The lowest BCUT2D eigenvalue weighted by molar-refractivity contribution is -0.00633. The summed E-state index contributed by atoms with van der Waals surface area (Å²) in [5.74, 6) is 1.41. The largest absolute Gasteiger partial charge is 1.00 e. The normalized spacial score (nSPS) is 17.3. The van der Waals surface area contributed by atoms with Gasteiger partial charge in [0, 0.05) is 23.7 Å². The highest BCUT2D eigenvalue weighted by Gasteiger charge is 2.54. The molecule has 0 radical (unpaired) electrons. The lowest BCUT2D eigenvalue weighted by atomic mass is 10.2. The van der Waals surface area contributed by atoms with Crippen LogP contribution >= 0.6 is 18.9 Å². The smallest absolute Gasteiger partial charge is 0.262 e. The van der Waals surface area contributed by atoms with E-state index in [-0.39, 0.29) is 36.2 Å². The summed E-state index contributed by atoms with van der Waals surface area (Å²) < 4.78 is 12.9. The van der Waals surface area contributed by atoms with Gasteiger partial charge < -0.3 is 38.0 Å². The molecule has 204 valence electrons. The quantitative estimate of drug-likeness (QED) is 0.204. The monoisotopic (exact) mass is 680 g/mol. The summed E-state index contributed by atoms with van der Waals surface area (Å²) in [6.45, 7) is 5.69. The van der Waals surface area contributed by atoms with Crippen LogP contribution < -0.4 is 50.2 Å². The van der Waals surface area contributed by atoms with Crippen LogP contribution in [0.15, 0.2) is 120 Å². The molecule has 7 heteroatoms. The van der Waals surface area contributed by atoms with Crippen LogP contribution in [0.2, 0.25) is 5.02 Å². The van der Waals surface area contributed by atoms with E-state index in [4.69, 9.17) is 25.7 Å². The van der Waals surface area contributed by atoms with Gasteiger partial charge in [-0.05, 0) is 74.5 Å². The highest BCUT2D eigenvalue weighted by Crippen LogP contribution is 2.56. The summed E-state index contributed by atoms with van der Waals surface area (Å²) in [5, 5.41) is 4.37. The molecule has 0 bridgehead atoms. The Morgan fingerprint density at radius 2 is 1.15 bits per heavy atom. The van der Waals surface area contributed by atoms with E-state index in [0.717, 1.165) is 30.0 Å². The van der Waals surface area contributed by atoms with Gasteiger partial charge >= 0.3 is 0 Å². The van der Waals surface area contributed by atoms with Gasteiger partial charge in [0.25, 0.3) is 11.3 Å². The van der Waals surface area contributed by atoms with Crippen LogP contribution in [0.5, 0.6) is 0 Å². The Balaban J connectivity index is 0.00000323. The first-order chi connectivity index (χ1) is 19.1. The number of halogens is 2. The van der Waals surface area contributed by atoms with E-state index in [0.29, 0.717) is 10.9 Å². The number of benzene rings is 4. The third kappa shape index (κ3) is 5.45.